The number of imidazole rings is 1. The van der Waals surface area contributed by atoms with Crippen LogP contribution in [-0.4, -0.2) is 35.2 Å². The molecule has 4 heteroatoms. The summed E-state index contributed by atoms with van der Waals surface area (Å²) in [4.78, 5) is 6.77. The lowest BCUT2D eigenvalue weighted by atomic mass is 10.2. The molecule has 0 spiro atoms. The summed E-state index contributed by atoms with van der Waals surface area (Å²) < 4.78 is 2.09. The van der Waals surface area contributed by atoms with Gasteiger partial charge in [-0.2, -0.15) is 0 Å². The standard InChI is InChI=1S/C10H18N4/c1-3-14(9-4-5-11-8-9)10-12-6-7-13(10)2/h6-7,9,11H,3-5,8H2,1-2H3. The molecule has 4 nitrogen and oxygen atoms in total. The van der Waals surface area contributed by atoms with Gasteiger partial charge in [0.25, 0.3) is 0 Å². The van der Waals surface area contributed by atoms with E-state index in [1.165, 1.54) is 6.42 Å². The summed E-state index contributed by atoms with van der Waals surface area (Å²) in [5.41, 5.74) is 0. The number of aromatic nitrogens is 2. The Balaban J connectivity index is 2.16. The second-order valence-electron chi connectivity index (χ2n) is 3.77. The van der Waals surface area contributed by atoms with Crippen LogP contribution in [0.15, 0.2) is 12.4 Å². The van der Waals surface area contributed by atoms with Crippen molar-refractivity contribution in [3.63, 3.8) is 0 Å². The summed E-state index contributed by atoms with van der Waals surface area (Å²) in [5.74, 6) is 1.08. The number of nitrogens with zero attached hydrogens (tertiary/aromatic N) is 3. The van der Waals surface area contributed by atoms with E-state index in [-0.39, 0.29) is 0 Å². The molecule has 1 unspecified atom stereocenters. The van der Waals surface area contributed by atoms with Crippen LogP contribution in [0.4, 0.5) is 5.95 Å². The van der Waals surface area contributed by atoms with E-state index in [0.29, 0.717) is 6.04 Å². The number of hydrogen-bond acceptors (Lipinski definition) is 3. The molecule has 0 aliphatic carbocycles. The molecule has 1 aromatic heterocycles. The second kappa shape index (κ2) is 4.00. The zero-order chi connectivity index (χ0) is 9.97. The number of hydrogen-bond donors (Lipinski definition) is 1. The molecule has 1 aromatic rings. The fourth-order valence-corrected chi connectivity index (χ4v) is 2.10. The molecule has 2 heterocycles. The van der Waals surface area contributed by atoms with Crippen molar-refractivity contribution in [3.05, 3.63) is 12.4 Å². The summed E-state index contributed by atoms with van der Waals surface area (Å²) >= 11 is 0. The van der Waals surface area contributed by atoms with E-state index in [4.69, 9.17) is 0 Å². The van der Waals surface area contributed by atoms with E-state index in [1.54, 1.807) is 0 Å². The van der Waals surface area contributed by atoms with Gasteiger partial charge in [0.05, 0.1) is 0 Å². The molecule has 1 fully saturated rings. The van der Waals surface area contributed by atoms with Crippen LogP contribution >= 0.6 is 0 Å². The minimum atomic E-state index is 0.612. The molecule has 0 aromatic carbocycles. The number of nitrogens with one attached hydrogen (secondary N) is 1. The van der Waals surface area contributed by atoms with Crippen molar-refractivity contribution >= 4 is 5.95 Å². The van der Waals surface area contributed by atoms with Gasteiger partial charge in [0, 0.05) is 38.6 Å². The van der Waals surface area contributed by atoms with Gasteiger partial charge in [-0.3, -0.25) is 0 Å². The molecule has 14 heavy (non-hydrogen) atoms. The summed E-state index contributed by atoms with van der Waals surface area (Å²) in [5, 5.41) is 3.39. The largest absolute Gasteiger partial charge is 0.338 e. The van der Waals surface area contributed by atoms with Crippen LogP contribution in [0.5, 0.6) is 0 Å². The highest BCUT2D eigenvalue weighted by Crippen LogP contribution is 2.16. The van der Waals surface area contributed by atoms with Gasteiger partial charge in [-0.05, 0) is 19.9 Å². The predicted molar refractivity (Wildman–Crippen MR) is 57.5 cm³/mol. The van der Waals surface area contributed by atoms with Crippen LogP contribution in [0.2, 0.25) is 0 Å². The van der Waals surface area contributed by atoms with Gasteiger partial charge in [-0.15, -0.1) is 0 Å². The van der Waals surface area contributed by atoms with Crippen molar-refractivity contribution in [2.24, 2.45) is 7.05 Å². The van der Waals surface area contributed by atoms with Crippen molar-refractivity contribution in [3.8, 4) is 0 Å². The van der Waals surface area contributed by atoms with Crippen LogP contribution in [0.1, 0.15) is 13.3 Å². The fourth-order valence-electron chi connectivity index (χ4n) is 2.10. The molecule has 2 rings (SSSR count). The molecule has 1 saturated heterocycles. The van der Waals surface area contributed by atoms with Gasteiger partial charge >= 0.3 is 0 Å². The Hall–Kier alpha value is -1.03. The molecule has 0 amide bonds. The summed E-state index contributed by atoms with van der Waals surface area (Å²) in [7, 11) is 2.05. The van der Waals surface area contributed by atoms with Crippen LogP contribution < -0.4 is 10.2 Å². The quantitative estimate of drug-likeness (QED) is 0.765. The Morgan fingerprint density at radius 2 is 2.57 bits per heavy atom. The van der Waals surface area contributed by atoms with Gasteiger partial charge in [-0.1, -0.05) is 0 Å². The molecule has 1 aliphatic rings. The topological polar surface area (TPSA) is 33.1 Å². The lowest BCUT2D eigenvalue weighted by molar-refractivity contribution is 0.619. The molecule has 1 aliphatic heterocycles. The number of rotatable bonds is 3. The Morgan fingerprint density at radius 1 is 1.71 bits per heavy atom. The fraction of sp³-hybridized carbons (Fsp3) is 0.700. The first-order valence-corrected chi connectivity index (χ1v) is 5.27. The molecule has 78 valence electrons. The SMILES string of the molecule is CCN(c1nccn1C)C1CCNC1. The summed E-state index contributed by atoms with van der Waals surface area (Å²) in [6.45, 7) is 5.43. The predicted octanol–water partition coefficient (Wildman–Crippen LogP) is 0.608. The average Bonchev–Trinajstić information content (AvgIpc) is 2.80. The average molecular weight is 194 g/mol. The van der Waals surface area contributed by atoms with Crippen molar-refractivity contribution in [2.75, 3.05) is 24.5 Å². The van der Waals surface area contributed by atoms with Crippen LogP contribution in [-0.2, 0) is 7.05 Å². The molecule has 1 atom stereocenters. The lowest BCUT2D eigenvalue weighted by Crippen LogP contribution is -2.38. The van der Waals surface area contributed by atoms with Crippen LogP contribution in [0, 0.1) is 0 Å². The van der Waals surface area contributed by atoms with Gasteiger partial charge in [-0.25, -0.2) is 4.98 Å². The second-order valence-corrected chi connectivity index (χ2v) is 3.77. The smallest absolute Gasteiger partial charge is 0.205 e. The Bertz CT molecular complexity index is 288. The maximum absolute atomic E-state index is 4.39. The Kier molecular flexibility index (Phi) is 2.72. The maximum Gasteiger partial charge on any atom is 0.205 e. The highest BCUT2D eigenvalue weighted by atomic mass is 15.3. The molecule has 0 saturated carbocycles. The van der Waals surface area contributed by atoms with E-state index in [2.05, 4.69) is 26.7 Å². The molecular formula is C10H18N4. The zero-order valence-electron chi connectivity index (χ0n) is 8.90. The van der Waals surface area contributed by atoms with Crippen molar-refractivity contribution in [1.29, 1.82) is 0 Å². The third kappa shape index (κ3) is 1.62. The van der Waals surface area contributed by atoms with Crippen LogP contribution in [0.25, 0.3) is 0 Å². The molecular weight excluding hydrogens is 176 g/mol. The van der Waals surface area contributed by atoms with E-state index >= 15 is 0 Å². The third-order valence-corrected chi connectivity index (χ3v) is 2.87. The number of aryl methyl sites for hydroxylation is 1. The normalized spacial score (nSPS) is 21.4. The minimum absolute atomic E-state index is 0.612. The minimum Gasteiger partial charge on any atom is -0.338 e. The van der Waals surface area contributed by atoms with E-state index in [0.717, 1.165) is 25.6 Å². The van der Waals surface area contributed by atoms with Crippen molar-refractivity contribution in [2.45, 2.75) is 19.4 Å². The summed E-state index contributed by atoms with van der Waals surface area (Å²) in [6, 6.07) is 0.612. The molecule has 0 radical (unpaired) electrons. The Labute approximate surface area is 84.9 Å². The zero-order valence-corrected chi connectivity index (χ0v) is 8.90. The van der Waals surface area contributed by atoms with E-state index < -0.39 is 0 Å². The molecule has 1 N–H and O–H groups in total. The number of likely N-dealkylation sites (N-methyl/N-ethyl adjacent to an activating group) is 1. The van der Waals surface area contributed by atoms with E-state index in [1.807, 2.05) is 19.4 Å². The van der Waals surface area contributed by atoms with Crippen molar-refractivity contribution in [1.82, 2.24) is 14.9 Å². The first kappa shape index (κ1) is 9.52. The van der Waals surface area contributed by atoms with Gasteiger partial charge in [0.15, 0.2) is 0 Å². The summed E-state index contributed by atoms with van der Waals surface area (Å²) in [6.07, 6.45) is 5.08. The van der Waals surface area contributed by atoms with Crippen LogP contribution in [0.3, 0.4) is 0 Å². The van der Waals surface area contributed by atoms with Gasteiger partial charge in [0.2, 0.25) is 5.95 Å². The monoisotopic (exact) mass is 194 g/mol. The van der Waals surface area contributed by atoms with Gasteiger partial charge in [0.1, 0.15) is 0 Å². The highest BCUT2D eigenvalue weighted by molar-refractivity contribution is 5.33. The molecule has 0 bridgehead atoms. The first-order chi connectivity index (χ1) is 6.83. The van der Waals surface area contributed by atoms with E-state index in [9.17, 15) is 0 Å². The lowest BCUT2D eigenvalue weighted by Gasteiger charge is -2.27. The Morgan fingerprint density at radius 3 is 3.07 bits per heavy atom. The third-order valence-electron chi connectivity index (χ3n) is 2.87. The van der Waals surface area contributed by atoms with Gasteiger partial charge < -0.3 is 14.8 Å². The number of anilines is 1. The van der Waals surface area contributed by atoms with Crippen molar-refractivity contribution < 1.29 is 0 Å². The highest BCUT2D eigenvalue weighted by Gasteiger charge is 2.23. The first-order valence-electron chi connectivity index (χ1n) is 5.27. The maximum atomic E-state index is 4.39.